The molecule has 3 heteroatoms. The molecule has 30 heavy (non-hydrogen) atoms. The summed E-state index contributed by atoms with van der Waals surface area (Å²) < 4.78 is 2.43. The smallest absolute Gasteiger partial charge is 0.0991 e. The van der Waals surface area contributed by atoms with Gasteiger partial charge in [-0.1, -0.05) is 38.5 Å². The van der Waals surface area contributed by atoms with E-state index in [-0.39, 0.29) is 0 Å². The third-order valence-corrected chi connectivity index (χ3v) is 6.51. The van der Waals surface area contributed by atoms with Gasteiger partial charge in [-0.15, -0.1) is 0 Å². The summed E-state index contributed by atoms with van der Waals surface area (Å²) in [5.74, 6) is 0.628. The van der Waals surface area contributed by atoms with Crippen LogP contribution in [0.15, 0.2) is 42.6 Å². The maximum absolute atomic E-state index is 9.34. The zero-order chi connectivity index (χ0) is 21.3. The van der Waals surface area contributed by atoms with Crippen LogP contribution in [-0.4, -0.2) is 16.0 Å². The number of nitriles is 1. The zero-order valence-corrected chi connectivity index (χ0v) is 18.8. The van der Waals surface area contributed by atoms with E-state index in [1.54, 1.807) is 0 Å². The molecule has 0 spiro atoms. The van der Waals surface area contributed by atoms with Crippen LogP contribution in [0.2, 0.25) is 0 Å². The molecule has 1 aromatic heterocycles. The van der Waals surface area contributed by atoms with Gasteiger partial charge in [0.1, 0.15) is 0 Å². The number of piperidine rings is 1. The molecule has 4 rings (SSSR count). The predicted octanol–water partition coefficient (Wildman–Crippen LogP) is 6.51. The molecule has 1 aliphatic heterocycles. The minimum atomic E-state index is 0.389. The van der Waals surface area contributed by atoms with Crippen LogP contribution in [0.3, 0.4) is 0 Å². The molecule has 0 N–H and O–H groups in total. The Hall–Kier alpha value is -2.57. The van der Waals surface area contributed by atoms with Crippen molar-refractivity contribution in [2.24, 2.45) is 5.92 Å². The topological polar surface area (TPSA) is 32.0 Å². The van der Waals surface area contributed by atoms with Crippen molar-refractivity contribution in [3.8, 4) is 6.07 Å². The fourth-order valence-electron chi connectivity index (χ4n) is 5.18. The van der Waals surface area contributed by atoms with Gasteiger partial charge in [-0.3, -0.25) is 4.90 Å². The number of benzene rings is 2. The summed E-state index contributed by atoms with van der Waals surface area (Å²) in [5.41, 5.74) is 7.65. The highest BCUT2D eigenvalue weighted by molar-refractivity contribution is 5.87. The van der Waals surface area contributed by atoms with Gasteiger partial charge in [-0.25, -0.2) is 0 Å². The monoisotopic (exact) mass is 399 g/mol. The minimum absolute atomic E-state index is 0.389. The molecule has 3 aromatic rings. The third-order valence-electron chi connectivity index (χ3n) is 6.51. The van der Waals surface area contributed by atoms with E-state index in [1.807, 2.05) is 12.1 Å². The number of likely N-dealkylation sites (tertiary alicyclic amines) is 1. The van der Waals surface area contributed by atoms with Crippen LogP contribution in [0.5, 0.6) is 0 Å². The first-order chi connectivity index (χ1) is 14.5. The lowest BCUT2D eigenvalue weighted by Gasteiger charge is -2.36. The molecule has 0 radical (unpaired) electrons. The molecule has 3 nitrogen and oxygen atoms in total. The summed E-state index contributed by atoms with van der Waals surface area (Å²) in [6.07, 6.45) is 5.93. The van der Waals surface area contributed by atoms with Crippen LogP contribution < -0.4 is 0 Å². The lowest BCUT2D eigenvalue weighted by atomic mass is 9.92. The van der Waals surface area contributed by atoms with Crippen molar-refractivity contribution in [1.29, 1.82) is 5.26 Å². The van der Waals surface area contributed by atoms with Crippen LogP contribution in [-0.2, 0) is 13.1 Å². The molecule has 2 aromatic carbocycles. The van der Waals surface area contributed by atoms with E-state index >= 15 is 0 Å². The quantitative estimate of drug-likeness (QED) is 0.489. The Kier molecular flexibility index (Phi) is 5.97. The average molecular weight is 400 g/mol. The molecule has 0 saturated carbocycles. The van der Waals surface area contributed by atoms with Crippen LogP contribution in [0.25, 0.3) is 10.9 Å². The van der Waals surface area contributed by atoms with Gasteiger partial charge in [-0.05, 0) is 79.6 Å². The van der Waals surface area contributed by atoms with E-state index in [0.717, 1.165) is 31.6 Å². The number of hydrogen-bond donors (Lipinski definition) is 0. The Balaban J connectivity index is 1.71. The number of fused-ring (bicyclic) bond motifs is 1. The van der Waals surface area contributed by atoms with Gasteiger partial charge in [0.2, 0.25) is 0 Å². The van der Waals surface area contributed by atoms with Crippen molar-refractivity contribution < 1.29 is 0 Å². The fourth-order valence-corrected chi connectivity index (χ4v) is 5.18. The Morgan fingerprint density at radius 2 is 1.93 bits per heavy atom. The summed E-state index contributed by atoms with van der Waals surface area (Å²) >= 11 is 0. The zero-order valence-electron chi connectivity index (χ0n) is 18.8. The van der Waals surface area contributed by atoms with Gasteiger partial charge in [0, 0.05) is 30.7 Å². The van der Waals surface area contributed by atoms with Crippen molar-refractivity contribution in [3.05, 3.63) is 70.4 Å². The molecule has 1 aliphatic rings. The van der Waals surface area contributed by atoms with Crippen LogP contribution in [0.4, 0.5) is 0 Å². The predicted molar refractivity (Wildman–Crippen MR) is 124 cm³/mol. The number of nitrogens with zero attached hydrogens (tertiary/aromatic N) is 3. The number of rotatable bonds is 5. The molecule has 2 heterocycles. The van der Waals surface area contributed by atoms with Crippen LogP contribution >= 0.6 is 0 Å². The van der Waals surface area contributed by atoms with Crippen molar-refractivity contribution in [2.75, 3.05) is 6.54 Å². The third kappa shape index (κ3) is 4.02. The minimum Gasteiger partial charge on any atom is -0.347 e. The Morgan fingerprint density at radius 3 is 2.70 bits per heavy atom. The second-order valence-corrected chi connectivity index (χ2v) is 9.33. The molecule has 1 fully saturated rings. The second-order valence-electron chi connectivity index (χ2n) is 9.33. The van der Waals surface area contributed by atoms with Gasteiger partial charge in [0.25, 0.3) is 0 Å². The highest BCUT2D eigenvalue weighted by Gasteiger charge is 2.26. The maximum atomic E-state index is 9.34. The highest BCUT2D eigenvalue weighted by atomic mass is 15.2. The summed E-state index contributed by atoms with van der Waals surface area (Å²) in [4.78, 5) is 2.64. The van der Waals surface area contributed by atoms with Crippen molar-refractivity contribution in [1.82, 2.24) is 9.47 Å². The molecule has 1 atom stereocenters. The summed E-state index contributed by atoms with van der Waals surface area (Å²) in [6.45, 7) is 12.2. The summed E-state index contributed by atoms with van der Waals surface area (Å²) in [6, 6.07) is 15.6. The van der Waals surface area contributed by atoms with E-state index in [4.69, 9.17) is 0 Å². The number of aromatic nitrogens is 1. The standard InChI is InChI=1S/C27H33N3/c1-19(2)17-30-13-11-24-25(20(3)14-21(4)27(24)30)18-29-12-6-5-10-26(29)23-9-7-8-22(15-23)16-28/h7-9,11,13-15,19,26H,5-6,10,12,17-18H2,1-4H3. The van der Waals surface area contributed by atoms with Crippen LogP contribution in [0, 0.1) is 31.1 Å². The van der Waals surface area contributed by atoms with Gasteiger partial charge < -0.3 is 4.57 Å². The van der Waals surface area contributed by atoms with Gasteiger partial charge in [0.15, 0.2) is 0 Å². The first-order valence-corrected chi connectivity index (χ1v) is 11.3. The summed E-state index contributed by atoms with van der Waals surface area (Å²) in [5, 5.41) is 10.7. The second kappa shape index (κ2) is 8.66. The lowest BCUT2D eigenvalue weighted by Crippen LogP contribution is -2.33. The SMILES string of the molecule is Cc1cc(C)c2c(ccn2CC(C)C)c1CN1CCCCC1c1cccc(C#N)c1. The lowest BCUT2D eigenvalue weighted by molar-refractivity contribution is 0.141. The van der Waals surface area contributed by atoms with E-state index in [0.29, 0.717) is 12.0 Å². The van der Waals surface area contributed by atoms with E-state index in [1.165, 1.54) is 46.0 Å². The van der Waals surface area contributed by atoms with E-state index < -0.39 is 0 Å². The van der Waals surface area contributed by atoms with Crippen molar-refractivity contribution in [2.45, 2.75) is 66.1 Å². The number of hydrogen-bond acceptors (Lipinski definition) is 2. The molecule has 156 valence electrons. The molecule has 0 amide bonds. The van der Waals surface area contributed by atoms with Crippen LogP contribution in [0.1, 0.15) is 67.0 Å². The van der Waals surface area contributed by atoms with Gasteiger partial charge in [-0.2, -0.15) is 5.26 Å². The first-order valence-electron chi connectivity index (χ1n) is 11.3. The van der Waals surface area contributed by atoms with Crippen molar-refractivity contribution in [3.63, 3.8) is 0 Å². The molecule has 1 unspecified atom stereocenters. The normalized spacial score (nSPS) is 17.5. The van der Waals surface area contributed by atoms with E-state index in [9.17, 15) is 5.26 Å². The van der Waals surface area contributed by atoms with Gasteiger partial charge in [0.05, 0.1) is 17.1 Å². The highest BCUT2D eigenvalue weighted by Crippen LogP contribution is 2.35. The van der Waals surface area contributed by atoms with Crippen molar-refractivity contribution >= 4 is 10.9 Å². The molecular weight excluding hydrogens is 366 g/mol. The number of aryl methyl sites for hydroxylation is 2. The fraction of sp³-hybridized carbons (Fsp3) is 0.444. The average Bonchev–Trinajstić information content (AvgIpc) is 3.14. The van der Waals surface area contributed by atoms with E-state index in [2.05, 4.69) is 73.7 Å². The van der Waals surface area contributed by atoms with Gasteiger partial charge >= 0.3 is 0 Å². The molecule has 0 bridgehead atoms. The Morgan fingerprint density at radius 1 is 1.10 bits per heavy atom. The molecular formula is C27H33N3. The first kappa shape index (κ1) is 20.7. The largest absolute Gasteiger partial charge is 0.347 e. The summed E-state index contributed by atoms with van der Waals surface area (Å²) in [7, 11) is 0. The molecule has 0 aliphatic carbocycles. The Labute approximate surface area is 180 Å². The maximum Gasteiger partial charge on any atom is 0.0991 e. The molecule has 1 saturated heterocycles. The Bertz CT molecular complexity index is 1080.